The maximum absolute atomic E-state index is 2.44. The Balaban J connectivity index is 0.000000108. The molecule has 0 aliphatic heterocycles. The molecule has 144 valence electrons. The summed E-state index contributed by atoms with van der Waals surface area (Å²) in [6.45, 7) is 4.68. The highest BCUT2D eigenvalue weighted by Crippen LogP contribution is 2.52. The van der Waals surface area contributed by atoms with Gasteiger partial charge in [0.1, 0.15) is 0 Å². The summed E-state index contributed by atoms with van der Waals surface area (Å²) in [5.41, 5.74) is 0. The minimum absolute atomic E-state index is 0.810. The second kappa shape index (κ2) is 8.63. The zero-order chi connectivity index (χ0) is 18.6. The molecule has 8 atom stereocenters. The van der Waals surface area contributed by atoms with Gasteiger partial charge in [-0.25, -0.2) is 0 Å². The van der Waals surface area contributed by atoms with Gasteiger partial charge in [0.2, 0.25) is 0 Å². The fraction of sp³-hybridized carbons (Fsp3) is 0.556. The first kappa shape index (κ1) is 18.8. The molecule has 2 bridgehead atoms. The number of fused-ring (bicyclic) bond motifs is 5. The van der Waals surface area contributed by atoms with Crippen molar-refractivity contribution in [1.82, 2.24) is 0 Å². The molecule has 0 heterocycles. The summed E-state index contributed by atoms with van der Waals surface area (Å²) in [4.78, 5) is 0. The van der Waals surface area contributed by atoms with Gasteiger partial charge in [-0.15, -0.1) is 0 Å². The molecule has 0 spiro atoms. The molecule has 6 aliphatic rings. The van der Waals surface area contributed by atoms with Gasteiger partial charge in [-0.05, 0) is 79.4 Å². The Morgan fingerprint density at radius 2 is 1.26 bits per heavy atom. The number of hydrogen-bond acceptors (Lipinski definition) is 0. The first-order chi connectivity index (χ1) is 13.2. The van der Waals surface area contributed by atoms with Gasteiger partial charge >= 0.3 is 0 Å². The van der Waals surface area contributed by atoms with Crippen molar-refractivity contribution in [2.75, 3.05) is 0 Å². The third-order valence-corrected chi connectivity index (χ3v) is 7.51. The molecule has 0 amide bonds. The van der Waals surface area contributed by atoms with Crippen molar-refractivity contribution in [1.29, 1.82) is 0 Å². The second-order valence-electron chi connectivity index (χ2n) is 9.39. The van der Waals surface area contributed by atoms with E-state index in [1.165, 1.54) is 25.7 Å². The molecule has 8 unspecified atom stereocenters. The van der Waals surface area contributed by atoms with Gasteiger partial charge in [0.05, 0.1) is 0 Å². The van der Waals surface area contributed by atoms with Crippen LogP contribution in [0.15, 0.2) is 72.9 Å². The van der Waals surface area contributed by atoms with E-state index in [1.807, 2.05) is 0 Å². The van der Waals surface area contributed by atoms with Crippen LogP contribution in [0, 0.1) is 47.3 Å². The second-order valence-corrected chi connectivity index (χ2v) is 9.39. The van der Waals surface area contributed by atoms with Crippen LogP contribution in [0.5, 0.6) is 0 Å². The van der Waals surface area contributed by atoms with Crippen LogP contribution in [0.2, 0.25) is 0 Å². The average Bonchev–Trinajstić information content (AvgIpc) is 3.47. The van der Waals surface area contributed by atoms with Crippen LogP contribution in [0.3, 0.4) is 0 Å². The summed E-state index contributed by atoms with van der Waals surface area (Å²) in [7, 11) is 0. The highest BCUT2D eigenvalue weighted by Gasteiger charge is 2.44. The molecule has 0 saturated heterocycles. The summed E-state index contributed by atoms with van der Waals surface area (Å²) in [5, 5.41) is 0. The summed E-state index contributed by atoms with van der Waals surface area (Å²) in [6.07, 6.45) is 34.3. The molecule has 0 heteroatoms. The molecule has 6 rings (SSSR count). The van der Waals surface area contributed by atoms with Gasteiger partial charge in [-0.1, -0.05) is 86.8 Å². The Hall–Kier alpha value is -1.56. The van der Waals surface area contributed by atoms with Gasteiger partial charge in [0, 0.05) is 0 Å². The molecule has 0 aromatic rings. The molecule has 27 heavy (non-hydrogen) atoms. The summed E-state index contributed by atoms with van der Waals surface area (Å²) >= 11 is 0. The molecule has 0 aromatic heterocycles. The fourth-order valence-corrected chi connectivity index (χ4v) is 5.97. The normalized spacial score (nSPS) is 43.8. The Morgan fingerprint density at radius 3 is 1.85 bits per heavy atom. The lowest BCUT2D eigenvalue weighted by atomic mass is 9.83. The monoisotopic (exact) mass is 360 g/mol. The van der Waals surface area contributed by atoms with Crippen molar-refractivity contribution in [3.05, 3.63) is 72.9 Å². The summed E-state index contributed by atoms with van der Waals surface area (Å²) < 4.78 is 0. The lowest BCUT2D eigenvalue weighted by Crippen LogP contribution is -2.14. The quantitative estimate of drug-likeness (QED) is 0.430. The maximum Gasteiger partial charge on any atom is -0.0133 e. The largest absolute Gasteiger partial charge is 0.0879 e. The van der Waals surface area contributed by atoms with E-state index in [4.69, 9.17) is 0 Å². The van der Waals surface area contributed by atoms with Crippen LogP contribution >= 0.6 is 0 Å². The third kappa shape index (κ3) is 4.31. The first-order valence-corrected chi connectivity index (χ1v) is 11.2. The minimum atomic E-state index is 0.810. The molecular formula is C27H36. The molecule has 0 aromatic carbocycles. The zero-order valence-electron chi connectivity index (χ0n) is 17.1. The van der Waals surface area contributed by atoms with Crippen molar-refractivity contribution in [3.8, 4) is 0 Å². The highest BCUT2D eigenvalue weighted by molar-refractivity contribution is 5.21. The van der Waals surface area contributed by atoms with Gasteiger partial charge < -0.3 is 0 Å². The molecule has 0 nitrogen and oxygen atoms in total. The van der Waals surface area contributed by atoms with Crippen molar-refractivity contribution in [3.63, 3.8) is 0 Å². The van der Waals surface area contributed by atoms with Gasteiger partial charge in [0.25, 0.3) is 0 Å². The van der Waals surface area contributed by atoms with E-state index >= 15 is 0 Å². The summed E-state index contributed by atoms with van der Waals surface area (Å²) in [6, 6.07) is 0. The van der Waals surface area contributed by atoms with Crippen LogP contribution in [0.1, 0.15) is 46.0 Å². The number of allylic oxidation sites excluding steroid dienone is 12. The van der Waals surface area contributed by atoms with Crippen molar-refractivity contribution in [2.45, 2.75) is 46.0 Å². The lowest BCUT2D eigenvalue weighted by Gasteiger charge is -2.21. The summed E-state index contributed by atoms with van der Waals surface area (Å²) in [5.74, 6) is 7.23. The van der Waals surface area contributed by atoms with Crippen molar-refractivity contribution in [2.24, 2.45) is 47.3 Å². The SMILES string of the molecule is C1=CC2C3C=CC(C3)C2C1.C1=CCC=C1.CC1C=CC(C2CC=CC2C)C1. The Kier molecular flexibility index (Phi) is 6.01. The van der Waals surface area contributed by atoms with E-state index in [0.29, 0.717) is 0 Å². The molecule has 1 saturated carbocycles. The Labute approximate surface area is 166 Å². The predicted molar refractivity (Wildman–Crippen MR) is 117 cm³/mol. The molecule has 1 fully saturated rings. The van der Waals surface area contributed by atoms with Crippen LogP contribution in [0.25, 0.3) is 0 Å². The molecular weight excluding hydrogens is 324 g/mol. The predicted octanol–water partition coefficient (Wildman–Crippen LogP) is 7.30. The molecule has 6 aliphatic carbocycles. The van der Waals surface area contributed by atoms with E-state index in [0.717, 1.165) is 53.8 Å². The van der Waals surface area contributed by atoms with E-state index < -0.39 is 0 Å². The fourth-order valence-electron chi connectivity index (χ4n) is 5.97. The molecule has 0 radical (unpaired) electrons. The van der Waals surface area contributed by atoms with E-state index in [9.17, 15) is 0 Å². The zero-order valence-corrected chi connectivity index (χ0v) is 17.1. The van der Waals surface area contributed by atoms with Gasteiger partial charge in [-0.2, -0.15) is 0 Å². The standard InChI is InChI=1S/C12H18.C10H12.C5H6/c1-9-6-7-11(8-9)12-5-3-4-10(12)2;1-2-9-7-4-5-8(6-7)10(9)3-1;1-2-4-5-3-1/h3-4,6-7,9-12H,5,8H2,1-2H3;1-2,4-5,7-10H,3,6H2;1-4H,5H2. The van der Waals surface area contributed by atoms with Crippen LogP contribution in [-0.2, 0) is 0 Å². The third-order valence-electron chi connectivity index (χ3n) is 7.51. The highest BCUT2D eigenvalue weighted by atomic mass is 14.5. The minimum Gasteiger partial charge on any atom is -0.0879 e. The van der Waals surface area contributed by atoms with Crippen molar-refractivity contribution >= 4 is 0 Å². The maximum atomic E-state index is 2.44. The topological polar surface area (TPSA) is 0 Å². The average molecular weight is 361 g/mol. The Morgan fingerprint density at radius 1 is 0.593 bits per heavy atom. The van der Waals surface area contributed by atoms with E-state index in [2.05, 4.69) is 86.8 Å². The van der Waals surface area contributed by atoms with E-state index in [-0.39, 0.29) is 0 Å². The van der Waals surface area contributed by atoms with Gasteiger partial charge in [0.15, 0.2) is 0 Å². The molecule has 0 N–H and O–H groups in total. The number of hydrogen-bond donors (Lipinski definition) is 0. The smallest absolute Gasteiger partial charge is 0.0133 e. The number of rotatable bonds is 1. The van der Waals surface area contributed by atoms with Crippen LogP contribution < -0.4 is 0 Å². The van der Waals surface area contributed by atoms with Crippen molar-refractivity contribution < 1.29 is 0 Å². The first-order valence-electron chi connectivity index (χ1n) is 11.2. The van der Waals surface area contributed by atoms with Crippen LogP contribution in [0.4, 0.5) is 0 Å². The van der Waals surface area contributed by atoms with Crippen LogP contribution in [-0.4, -0.2) is 0 Å². The van der Waals surface area contributed by atoms with E-state index in [1.54, 1.807) is 0 Å². The lowest BCUT2D eigenvalue weighted by molar-refractivity contribution is 0.324. The Bertz CT molecular complexity index is 660. The van der Waals surface area contributed by atoms with Gasteiger partial charge in [-0.3, -0.25) is 0 Å².